The predicted octanol–water partition coefficient (Wildman–Crippen LogP) is 1.92. The van der Waals surface area contributed by atoms with Crippen LogP contribution in [0.3, 0.4) is 0 Å². The lowest BCUT2D eigenvalue weighted by molar-refractivity contribution is -0.116. The molecule has 1 saturated heterocycles. The van der Waals surface area contributed by atoms with E-state index in [-0.39, 0.29) is 22.2 Å². The first-order chi connectivity index (χ1) is 5.25. The fraction of sp³-hybridized carbons (Fsp3) is 0.889. The number of carbonyl (C=O) groups is 1. The molecule has 3 heteroatoms. The maximum absolute atomic E-state index is 11.1. The molecule has 1 heterocycles. The van der Waals surface area contributed by atoms with Crippen molar-refractivity contribution in [3.63, 3.8) is 0 Å². The summed E-state index contributed by atoms with van der Waals surface area (Å²) in [5.41, 5.74) is -0.138. The fourth-order valence-electron chi connectivity index (χ4n) is 2.14. The molecule has 1 atom stereocenters. The number of rotatable bonds is 1. The van der Waals surface area contributed by atoms with E-state index in [4.69, 9.17) is 11.6 Å². The highest BCUT2D eigenvalue weighted by Crippen LogP contribution is 2.36. The Labute approximate surface area is 78.7 Å². The molecule has 1 N–H and O–H groups in total. The number of hydrogen-bond acceptors (Lipinski definition) is 2. The van der Waals surface area contributed by atoms with Crippen LogP contribution in [0.1, 0.15) is 34.1 Å². The van der Waals surface area contributed by atoms with E-state index in [0.717, 1.165) is 6.42 Å². The maximum atomic E-state index is 11.1. The quantitative estimate of drug-likeness (QED) is 0.639. The smallest absolute Gasteiger partial charge is 0.226 e. The molecule has 70 valence electrons. The van der Waals surface area contributed by atoms with Gasteiger partial charge in [0, 0.05) is 11.1 Å². The zero-order valence-electron chi connectivity index (χ0n) is 8.07. The van der Waals surface area contributed by atoms with Crippen LogP contribution in [0, 0.1) is 5.92 Å². The Kier molecular flexibility index (Phi) is 2.26. The molecule has 0 bridgehead atoms. The Balaban J connectivity index is 2.85. The topological polar surface area (TPSA) is 29.1 Å². The monoisotopic (exact) mass is 189 g/mol. The molecule has 1 aliphatic rings. The van der Waals surface area contributed by atoms with Gasteiger partial charge in [-0.2, -0.15) is 0 Å². The molecule has 1 unspecified atom stereocenters. The molecule has 0 amide bonds. The van der Waals surface area contributed by atoms with E-state index in [1.54, 1.807) is 0 Å². The standard InChI is InChI=1S/C9H16ClNO/c1-8(2)5-6(7(10)12)9(3,4)11-8/h6,11H,5H2,1-4H3. The third kappa shape index (κ3) is 1.80. The number of nitrogens with one attached hydrogen (secondary N) is 1. The summed E-state index contributed by atoms with van der Waals surface area (Å²) >= 11 is 5.52. The molecule has 0 saturated carbocycles. The van der Waals surface area contributed by atoms with Gasteiger partial charge in [-0.25, -0.2) is 0 Å². The highest BCUT2D eigenvalue weighted by Gasteiger charge is 2.46. The molecule has 0 aliphatic carbocycles. The van der Waals surface area contributed by atoms with Crippen LogP contribution in [0.15, 0.2) is 0 Å². The van der Waals surface area contributed by atoms with Crippen LogP contribution in [-0.4, -0.2) is 16.3 Å². The summed E-state index contributed by atoms with van der Waals surface area (Å²) in [6, 6.07) is 0. The van der Waals surface area contributed by atoms with Gasteiger partial charge in [0.15, 0.2) is 0 Å². The third-order valence-corrected chi connectivity index (χ3v) is 2.78. The largest absolute Gasteiger partial charge is 0.306 e. The van der Waals surface area contributed by atoms with Crippen LogP contribution < -0.4 is 5.32 Å². The minimum Gasteiger partial charge on any atom is -0.306 e. The van der Waals surface area contributed by atoms with Crippen LogP contribution in [0.2, 0.25) is 0 Å². The Morgan fingerprint density at radius 3 is 2.08 bits per heavy atom. The minimum atomic E-state index is -0.224. The second-order valence-electron chi connectivity index (χ2n) is 4.79. The SMILES string of the molecule is CC1(C)CC(C(=O)Cl)C(C)(C)N1. The fourth-order valence-corrected chi connectivity index (χ4v) is 2.49. The van der Waals surface area contributed by atoms with Crippen molar-refractivity contribution in [2.75, 3.05) is 0 Å². The Morgan fingerprint density at radius 2 is 1.92 bits per heavy atom. The van der Waals surface area contributed by atoms with Crippen molar-refractivity contribution in [2.24, 2.45) is 5.92 Å². The highest BCUT2D eigenvalue weighted by molar-refractivity contribution is 6.64. The average Bonchev–Trinajstić information content (AvgIpc) is 1.99. The summed E-state index contributed by atoms with van der Waals surface area (Å²) < 4.78 is 0. The summed E-state index contributed by atoms with van der Waals surface area (Å²) in [5, 5.41) is 3.17. The van der Waals surface area contributed by atoms with Crippen molar-refractivity contribution >= 4 is 16.8 Å². The van der Waals surface area contributed by atoms with E-state index in [1.807, 2.05) is 13.8 Å². The van der Waals surface area contributed by atoms with E-state index in [0.29, 0.717) is 0 Å². The van der Waals surface area contributed by atoms with Crippen LogP contribution in [0.25, 0.3) is 0 Å². The van der Waals surface area contributed by atoms with Crippen molar-refractivity contribution in [2.45, 2.75) is 45.2 Å². The molecular formula is C9H16ClNO. The van der Waals surface area contributed by atoms with Gasteiger partial charge in [0.25, 0.3) is 0 Å². The van der Waals surface area contributed by atoms with E-state index in [9.17, 15) is 4.79 Å². The predicted molar refractivity (Wildman–Crippen MR) is 50.3 cm³/mol. The van der Waals surface area contributed by atoms with Crippen LogP contribution in [0.4, 0.5) is 0 Å². The van der Waals surface area contributed by atoms with Crippen molar-refractivity contribution in [3.8, 4) is 0 Å². The molecule has 0 aromatic rings. The Bertz CT molecular complexity index is 211. The van der Waals surface area contributed by atoms with Gasteiger partial charge in [-0.3, -0.25) is 4.79 Å². The normalized spacial score (nSPS) is 31.9. The molecule has 0 aromatic heterocycles. The van der Waals surface area contributed by atoms with Gasteiger partial charge in [0.05, 0.1) is 5.92 Å². The molecule has 1 rings (SSSR count). The lowest BCUT2D eigenvalue weighted by Gasteiger charge is -2.26. The van der Waals surface area contributed by atoms with Gasteiger partial charge in [0.1, 0.15) is 0 Å². The summed E-state index contributed by atoms with van der Waals surface area (Å²) in [7, 11) is 0. The Hall–Kier alpha value is -0.0800. The third-order valence-electron chi connectivity index (χ3n) is 2.52. The van der Waals surface area contributed by atoms with Crippen molar-refractivity contribution in [1.82, 2.24) is 5.32 Å². The second kappa shape index (κ2) is 2.71. The molecule has 0 spiro atoms. The van der Waals surface area contributed by atoms with Crippen LogP contribution >= 0.6 is 11.6 Å². The zero-order chi connectivity index (χ0) is 9.57. The lowest BCUT2D eigenvalue weighted by Crippen LogP contribution is -2.45. The number of halogens is 1. The van der Waals surface area contributed by atoms with Crippen molar-refractivity contribution < 1.29 is 4.79 Å². The van der Waals surface area contributed by atoms with Crippen molar-refractivity contribution in [3.05, 3.63) is 0 Å². The lowest BCUT2D eigenvalue weighted by atomic mass is 9.88. The molecule has 0 radical (unpaired) electrons. The minimum absolute atomic E-state index is 0.0265. The van der Waals surface area contributed by atoms with Gasteiger partial charge in [-0.15, -0.1) is 0 Å². The van der Waals surface area contributed by atoms with Crippen LogP contribution in [0.5, 0.6) is 0 Å². The average molecular weight is 190 g/mol. The van der Waals surface area contributed by atoms with Gasteiger partial charge >= 0.3 is 0 Å². The summed E-state index contributed by atoms with van der Waals surface area (Å²) in [4.78, 5) is 11.1. The molecular weight excluding hydrogens is 174 g/mol. The summed E-state index contributed by atoms with van der Waals surface area (Å²) in [6.45, 7) is 8.22. The number of carbonyl (C=O) groups excluding carboxylic acids is 1. The van der Waals surface area contributed by atoms with E-state index < -0.39 is 0 Å². The molecule has 12 heavy (non-hydrogen) atoms. The summed E-state index contributed by atoms with van der Waals surface area (Å²) in [5.74, 6) is -0.0610. The van der Waals surface area contributed by atoms with E-state index in [1.165, 1.54) is 0 Å². The van der Waals surface area contributed by atoms with Gasteiger partial charge in [0.2, 0.25) is 5.24 Å². The first kappa shape index (κ1) is 10.0. The molecule has 1 aliphatic heterocycles. The van der Waals surface area contributed by atoms with Crippen molar-refractivity contribution in [1.29, 1.82) is 0 Å². The van der Waals surface area contributed by atoms with Gasteiger partial charge in [-0.1, -0.05) is 0 Å². The maximum Gasteiger partial charge on any atom is 0.226 e. The zero-order valence-corrected chi connectivity index (χ0v) is 8.83. The van der Waals surface area contributed by atoms with Crippen LogP contribution in [-0.2, 0) is 4.79 Å². The van der Waals surface area contributed by atoms with E-state index in [2.05, 4.69) is 19.2 Å². The van der Waals surface area contributed by atoms with E-state index >= 15 is 0 Å². The molecule has 1 fully saturated rings. The first-order valence-corrected chi connectivity index (χ1v) is 4.61. The second-order valence-corrected chi connectivity index (χ2v) is 5.16. The number of hydrogen-bond donors (Lipinski definition) is 1. The molecule has 0 aromatic carbocycles. The summed E-state index contributed by atoms with van der Waals surface area (Å²) in [6.07, 6.45) is 0.822. The highest BCUT2D eigenvalue weighted by atomic mass is 35.5. The molecule has 2 nitrogen and oxygen atoms in total. The van der Waals surface area contributed by atoms with Gasteiger partial charge < -0.3 is 5.32 Å². The van der Waals surface area contributed by atoms with Gasteiger partial charge in [-0.05, 0) is 45.7 Å². The Morgan fingerprint density at radius 1 is 1.42 bits per heavy atom. The first-order valence-electron chi connectivity index (χ1n) is 4.23.